The smallest absolute Gasteiger partial charge is 0.344 e. The molecular formula is C31H24ClNO6S. The van der Waals surface area contributed by atoms with Crippen molar-refractivity contribution < 1.29 is 28.6 Å². The molecule has 0 spiro atoms. The first kappa shape index (κ1) is 27.3. The summed E-state index contributed by atoms with van der Waals surface area (Å²) in [4.78, 5) is 39.9. The van der Waals surface area contributed by atoms with Gasteiger partial charge in [-0.25, -0.2) is 4.79 Å². The molecule has 1 aliphatic heterocycles. The Balaban J connectivity index is 1.30. The molecule has 1 heterocycles. The molecule has 1 aliphatic rings. The molecule has 0 unspecified atom stereocenters. The van der Waals surface area contributed by atoms with Gasteiger partial charge in [-0.15, -0.1) is 0 Å². The molecule has 0 bridgehead atoms. The quantitative estimate of drug-likeness (QED) is 0.119. The summed E-state index contributed by atoms with van der Waals surface area (Å²) in [6.45, 7) is 2.35. The van der Waals surface area contributed by atoms with E-state index < -0.39 is 11.9 Å². The Kier molecular flexibility index (Phi) is 8.38. The van der Waals surface area contributed by atoms with Gasteiger partial charge >= 0.3 is 5.97 Å². The van der Waals surface area contributed by atoms with Crippen molar-refractivity contribution in [3.8, 4) is 17.2 Å². The molecule has 2 amide bonds. The number of hydrogen-bond donors (Lipinski definition) is 0. The molecule has 7 nitrogen and oxygen atoms in total. The minimum atomic E-state index is -0.509. The molecule has 0 aliphatic carbocycles. The van der Waals surface area contributed by atoms with Gasteiger partial charge in [-0.1, -0.05) is 66.2 Å². The Bertz CT molecular complexity index is 1630. The molecule has 1 fully saturated rings. The first-order chi connectivity index (χ1) is 19.4. The molecule has 1 saturated heterocycles. The maximum absolute atomic E-state index is 13.1. The van der Waals surface area contributed by atoms with Crippen molar-refractivity contribution in [1.82, 2.24) is 4.90 Å². The number of carbonyl (C=O) groups is 3. The molecule has 4 aromatic carbocycles. The Morgan fingerprint density at radius 1 is 0.900 bits per heavy atom. The van der Waals surface area contributed by atoms with Gasteiger partial charge < -0.3 is 14.2 Å². The van der Waals surface area contributed by atoms with Gasteiger partial charge in [0.25, 0.3) is 11.1 Å². The van der Waals surface area contributed by atoms with Crippen molar-refractivity contribution in [3.05, 3.63) is 106 Å². The van der Waals surface area contributed by atoms with Gasteiger partial charge in [0.15, 0.2) is 11.5 Å². The van der Waals surface area contributed by atoms with Crippen LogP contribution in [-0.4, -0.2) is 41.8 Å². The highest BCUT2D eigenvalue weighted by atomic mass is 35.5. The Morgan fingerprint density at radius 3 is 2.50 bits per heavy atom. The van der Waals surface area contributed by atoms with Crippen molar-refractivity contribution in [3.63, 3.8) is 0 Å². The first-order valence-electron chi connectivity index (χ1n) is 12.5. The van der Waals surface area contributed by atoms with Crippen molar-refractivity contribution in [2.24, 2.45) is 0 Å². The second-order valence-corrected chi connectivity index (χ2v) is 10.1. The zero-order valence-electron chi connectivity index (χ0n) is 21.5. The molecule has 5 rings (SSSR count). The standard InChI is InChI=1S/C31H24ClNO6S/c1-2-37-27-18-20(14-15-26(27)39-30(35)23-11-7-9-21-8-3-4-10-22(21)23)19-28-29(34)33(31(36)40-28)16-17-38-25-13-6-5-12-24(25)32/h3-15,18-19H,2,16-17H2,1H3/b28-19-. The Morgan fingerprint density at radius 2 is 1.68 bits per heavy atom. The molecule has 4 aromatic rings. The Labute approximate surface area is 240 Å². The number of para-hydroxylation sites is 1. The molecule has 0 saturated carbocycles. The lowest BCUT2D eigenvalue weighted by Gasteiger charge is -2.14. The highest BCUT2D eigenvalue weighted by molar-refractivity contribution is 8.18. The monoisotopic (exact) mass is 573 g/mol. The number of carbonyl (C=O) groups excluding carboxylic acids is 3. The van der Waals surface area contributed by atoms with E-state index in [4.69, 9.17) is 25.8 Å². The van der Waals surface area contributed by atoms with Gasteiger partial charge in [-0.3, -0.25) is 14.5 Å². The maximum Gasteiger partial charge on any atom is 0.344 e. The van der Waals surface area contributed by atoms with E-state index in [1.165, 1.54) is 0 Å². The maximum atomic E-state index is 13.1. The molecular weight excluding hydrogens is 550 g/mol. The van der Waals surface area contributed by atoms with Gasteiger partial charge in [-0.05, 0) is 71.4 Å². The van der Waals surface area contributed by atoms with Crippen LogP contribution < -0.4 is 14.2 Å². The number of benzene rings is 4. The van der Waals surface area contributed by atoms with Crippen LogP contribution in [0.4, 0.5) is 4.79 Å². The summed E-state index contributed by atoms with van der Waals surface area (Å²) in [5, 5.41) is 1.79. The summed E-state index contributed by atoms with van der Waals surface area (Å²) in [5.74, 6) is 0.156. The number of esters is 1. The third-order valence-electron chi connectivity index (χ3n) is 6.06. The predicted octanol–water partition coefficient (Wildman–Crippen LogP) is 7.23. The van der Waals surface area contributed by atoms with Crippen LogP contribution >= 0.6 is 23.4 Å². The van der Waals surface area contributed by atoms with Crippen LogP contribution in [0.2, 0.25) is 5.02 Å². The average Bonchev–Trinajstić information content (AvgIpc) is 3.22. The first-order valence-corrected chi connectivity index (χ1v) is 13.7. The van der Waals surface area contributed by atoms with Gasteiger partial charge in [0.05, 0.1) is 28.6 Å². The number of thioether (sulfide) groups is 1. The number of nitrogens with zero attached hydrogens (tertiary/aromatic N) is 1. The van der Waals surface area contributed by atoms with Crippen LogP contribution in [0, 0.1) is 0 Å². The van der Waals surface area contributed by atoms with Crippen molar-refractivity contribution in [2.45, 2.75) is 6.92 Å². The summed E-state index contributed by atoms with van der Waals surface area (Å²) < 4.78 is 17.1. The molecule has 202 valence electrons. The van der Waals surface area contributed by atoms with Crippen molar-refractivity contribution in [1.29, 1.82) is 0 Å². The summed E-state index contributed by atoms with van der Waals surface area (Å²) in [6, 6.07) is 25.0. The van der Waals surface area contributed by atoms with Gasteiger partial charge in [0.1, 0.15) is 12.4 Å². The summed E-state index contributed by atoms with van der Waals surface area (Å²) in [5.41, 5.74) is 1.06. The van der Waals surface area contributed by atoms with E-state index in [1.807, 2.05) is 43.3 Å². The predicted molar refractivity (Wildman–Crippen MR) is 156 cm³/mol. The number of halogens is 1. The van der Waals surface area contributed by atoms with E-state index >= 15 is 0 Å². The highest BCUT2D eigenvalue weighted by Gasteiger charge is 2.35. The lowest BCUT2D eigenvalue weighted by Crippen LogP contribution is -2.32. The molecule has 40 heavy (non-hydrogen) atoms. The lowest BCUT2D eigenvalue weighted by molar-refractivity contribution is -0.123. The summed E-state index contributed by atoms with van der Waals surface area (Å²) in [7, 11) is 0. The minimum absolute atomic E-state index is 0.0838. The fourth-order valence-electron chi connectivity index (χ4n) is 4.18. The van der Waals surface area contributed by atoms with E-state index in [0.717, 1.165) is 27.4 Å². The van der Waals surface area contributed by atoms with Gasteiger partial charge in [-0.2, -0.15) is 0 Å². The topological polar surface area (TPSA) is 82.1 Å². The summed E-state index contributed by atoms with van der Waals surface area (Å²) >= 11 is 6.94. The van der Waals surface area contributed by atoms with E-state index in [0.29, 0.717) is 34.3 Å². The average molecular weight is 574 g/mol. The van der Waals surface area contributed by atoms with Crippen LogP contribution in [0.5, 0.6) is 17.2 Å². The Hall–Kier alpha value is -4.27. The van der Waals surface area contributed by atoms with Crippen molar-refractivity contribution >= 4 is 57.3 Å². The fraction of sp³-hybridized carbons (Fsp3) is 0.129. The molecule has 0 radical (unpaired) electrons. The molecule has 0 atom stereocenters. The van der Waals surface area contributed by atoms with Crippen LogP contribution in [0.15, 0.2) is 89.8 Å². The zero-order chi connectivity index (χ0) is 28.1. The second-order valence-electron chi connectivity index (χ2n) is 8.67. The number of ether oxygens (including phenoxy) is 3. The van der Waals surface area contributed by atoms with Crippen LogP contribution in [0.3, 0.4) is 0 Å². The van der Waals surface area contributed by atoms with Crippen LogP contribution in [0.1, 0.15) is 22.8 Å². The minimum Gasteiger partial charge on any atom is -0.490 e. The van der Waals surface area contributed by atoms with E-state index in [-0.39, 0.29) is 29.0 Å². The fourth-order valence-corrected chi connectivity index (χ4v) is 5.23. The second kappa shape index (κ2) is 12.3. The molecule has 0 aromatic heterocycles. The lowest BCUT2D eigenvalue weighted by atomic mass is 10.0. The number of rotatable bonds is 9. The molecule has 9 heteroatoms. The van der Waals surface area contributed by atoms with E-state index in [2.05, 4.69) is 0 Å². The number of amides is 2. The SMILES string of the molecule is CCOc1cc(/C=C2\SC(=O)N(CCOc3ccccc3Cl)C2=O)ccc1OC(=O)c1cccc2ccccc12. The molecule has 0 N–H and O–H groups in total. The highest BCUT2D eigenvalue weighted by Crippen LogP contribution is 2.35. The van der Waals surface area contributed by atoms with Gasteiger partial charge in [0, 0.05) is 0 Å². The third kappa shape index (κ3) is 5.98. The van der Waals surface area contributed by atoms with Crippen LogP contribution in [0.25, 0.3) is 16.8 Å². The van der Waals surface area contributed by atoms with Crippen LogP contribution in [-0.2, 0) is 4.79 Å². The number of imide groups is 1. The normalized spacial score (nSPS) is 14.2. The number of fused-ring (bicyclic) bond motifs is 1. The largest absolute Gasteiger partial charge is 0.490 e. The summed E-state index contributed by atoms with van der Waals surface area (Å²) in [6.07, 6.45) is 1.61. The zero-order valence-corrected chi connectivity index (χ0v) is 23.0. The van der Waals surface area contributed by atoms with Gasteiger partial charge in [0.2, 0.25) is 0 Å². The van der Waals surface area contributed by atoms with E-state index in [1.54, 1.807) is 54.6 Å². The number of hydrogen-bond acceptors (Lipinski definition) is 7. The third-order valence-corrected chi connectivity index (χ3v) is 7.28. The van der Waals surface area contributed by atoms with E-state index in [9.17, 15) is 14.4 Å². The van der Waals surface area contributed by atoms with Crippen molar-refractivity contribution in [2.75, 3.05) is 19.8 Å².